The van der Waals surface area contributed by atoms with Crippen LogP contribution in [0, 0.1) is 0 Å². The van der Waals surface area contributed by atoms with Gasteiger partial charge in [0.05, 0.1) is 6.61 Å². The van der Waals surface area contributed by atoms with E-state index in [2.05, 4.69) is 5.32 Å². The predicted octanol–water partition coefficient (Wildman–Crippen LogP) is -0.843. The standard InChI is InChI=1S/C8H14N2O3/c1-2-13-7(12)8(9)4-3-5-10-6(8)11/h2-5,9H2,1H3,(H,10,11). The molecule has 0 aromatic heterocycles. The molecule has 1 unspecified atom stereocenters. The zero-order valence-electron chi connectivity index (χ0n) is 7.63. The summed E-state index contributed by atoms with van der Waals surface area (Å²) in [6.07, 6.45) is 1.07. The van der Waals surface area contributed by atoms with Gasteiger partial charge in [0.2, 0.25) is 0 Å². The summed E-state index contributed by atoms with van der Waals surface area (Å²) in [5, 5.41) is 2.55. The summed E-state index contributed by atoms with van der Waals surface area (Å²) in [7, 11) is 0. The predicted molar refractivity (Wildman–Crippen MR) is 45.8 cm³/mol. The van der Waals surface area contributed by atoms with Crippen LogP contribution in [0.15, 0.2) is 0 Å². The van der Waals surface area contributed by atoms with Crippen molar-refractivity contribution in [1.82, 2.24) is 5.32 Å². The first-order valence-corrected chi connectivity index (χ1v) is 4.35. The molecule has 74 valence electrons. The van der Waals surface area contributed by atoms with E-state index in [0.717, 1.165) is 0 Å². The number of ether oxygens (including phenoxy) is 1. The van der Waals surface area contributed by atoms with Gasteiger partial charge < -0.3 is 15.8 Å². The fourth-order valence-corrected chi connectivity index (χ4v) is 1.30. The maximum absolute atomic E-state index is 11.3. The third kappa shape index (κ3) is 1.80. The largest absolute Gasteiger partial charge is 0.464 e. The minimum atomic E-state index is -1.46. The lowest BCUT2D eigenvalue weighted by Crippen LogP contribution is -2.63. The maximum Gasteiger partial charge on any atom is 0.335 e. The minimum Gasteiger partial charge on any atom is -0.464 e. The molecule has 5 heteroatoms. The van der Waals surface area contributed by atoms with Crippen LogP contribution in [0.5, 0.6) is 0 Å². The second-order valence-electron chi connectivity index (χ2n) is 3.05. The molecule has 1 fully saturated rings. The minimum absolute atomic E-state index is 0.241. The Hall–Kier alpha value is -1.10. The molecule has 0 aromatic rings. The number of nitrogens with one attached hydrogen (secondary N) is 1. The molecule has 1 atom stereocenters. The average molecular weight is 186 g/mol. The topological polar surface area (TPSA) is 81.4 Å². The molecular formula is C8H14N2O3. The Morgan fingerprint density at radius 1 is 1.77 bits per heavy atom. The molecule has 5 nitrogen and oxygen atoms in total. The molecule has 13 heavy (non-hydrogen) atoms. The number of piperidine rings is 1. The summed E-state index contributed by atoms with van der Waals surface area (Å²) in [5.74, 6) is -1.07. The van der Waals surface area contributed by atoms with Gasteiger partial charge in [-0.1, -0.05) is 0 Å². The molecule has 1 aliphatic rings. The fourth-order valence-electron chi connectivity index (χ4n) is 1.30. The first-order chi connectivity index (χ1) is 6.11. The first-order valence-electron chi connectivity index (χ1n) is 4.35. The molecular weight excluding hydrogens is 172 g/mol. The van der Waals surface area contributed by atoms with E-state index in [1.807, 2.05) is 0 Å². The fraction of sp³-hybridized carbons (Fsp3) is 0.750. The van der Waals surface area contributed by atoms with Crippen molar-refractivity contribution in [2.24, 2.45) is 5.73 Å². The summed E-state index contributed by atoms with van der Waals surface area (Å²) in [4.78, 5) is 22.6. The Labute approximate surface area is 76.6 Å². The third-order valence-electron chi connectivity index (χ3n) is 2.08. The SMILES string of the molecule is CCOC(=O)C1(N)CCCNC1=O. The lowest BCUT2D eigenvalue weighted by atomic mass is 9.90. The normalized spacial score (nSPS) is 28.0. The molecule has 0 bridgehead atoms. The van der Waals surface area contributed by atoms with E-state index in [4.69, 9.17) is 10.5 Å². The van der Waals surface area contributed by atoms with Gasteiger partial charge in [-0.05, 0) is 19.8 Å². The van der Waals surface area contributed by atoms with Crippen molar-refractivity contribution in [1.29, 1.82) is 0 Å². The van der Waals surface area contributed by atoms with E-state index >= 15 is 0 Å². The molecule has 0 spiro atoms. The lowest BCUT2D eigenvalue weighted by molar-refractivity contribution is -0.155. The van der Waals surface area contributed by atoms with Crippen molar-refractivity contribution in [3.63, 3.8) is 0 Å². The highest BCUT2D eigenvalue weighted by molar-refractivity contribution is 6.07. The van der Waals surface area contributed by atoms with Crippen LogP contribution in [-0.4, -0.2) is 30.6 Å². The van der Waals surface area contributed by atoms with Crippen LogP contribution < -0.4 is 11.1 Å². The molecule has 1 rings (SSSR count). The molecule has 0 aliphatic carbocycles. The van der Waals surface area contributed by atoms with Gasteiger partial charge in [-0.15, -0.1) is 0 Å². The second-order valence-corrected chi connectivity index (χ2v) is 3.05. The van der Waals surface area contributed by atoms with E-state index in [9.17, 15) is 9.59 Å². The van der Waals surface area contributed by atoms with Gasteiger partial charge in [0.1, 0.15) is 0 Å². The number of hydrogen-bond donors (Lipinski definition) is 2. The number of hydrogen-bond acceptors (Lipinski definition) is 4. The van der Waals surface area contributed by atoms with Crippen LogP contribution in [0.3, 0.4) is 0 Å². The zero-order valence-corrected chi connectivity index (χ0v) is 7.63. The van der Waals surface area contributed by atoms with Gasteiger partial charge in [-0.2, -0.15) is 0 Å². The van der Waals surface area contributed by atoms with E-state index < -0.39 is 17.4 Å². The van der Waals surface area contributed by atoms with Crippen molar-refractivity contribution < 1.29 is 14.3 Å². The van der Waals surface area contributed by atoms with Crippen LogP contribution in [0.25, 0.3) is 0 Å². The monoisotopic (exact) mass is 186 g/mol. The van der Waals surface area contributed by atoms with E-state index in [0.29, 0.717) is 19.4 Å². The quantitative estimate of drug-likeness (QED) is 0.435. The highest BCUT2D eigenvalue weighted by Crippen LogP contribution is 2.15. The second kappa shape index (κ2) is 3.74. The highest BCUT2D eigenvalue weighted by Gasteiger charge is 2.44. The van der Waals surface area contributed by atoms with Crippen molar-refractivity contribution in [3.05, 3.63) is 0 Å². The Balaban J connectivity index is 2.71. The van der Waals surface area contributed by atoms with E-state index in [1.54, 1.807) is 6.92 Å². The molecule has 3 N–H and O–H groups in total. The molecule has 0 radical (unpaired) electrons. The first kappa shape index (κ1) is 9.98. The van der Waals surface area contributed by atoms with Gasteiger partial charge in [0, 0.05) is 6.54 Å². The van der Waals surface area contributed by atoms with Gasteiger partial charge in [-0.3, -0.25) is 4.79 Å². The average Bonchev–Trinajstić information content (AvgIpc) is 2.11. The Morgan fingerprint density at radius 2 is 2.46 bits per heavy atom. The Morgan fingerprint density at radius 3 is 3.00 bits per heavy atom. The molecule has 1 aliphatic heterocycles. The van der Waals surface area contributed by atoms with Gasteiger partial charge in [0.15, 0.2) is 5.54 Å². The number of nitrogens with two attached hydrogens (primary N) is 1. The highest BCUT2D eigenvalue weighted by atomic mass is 16.5. The van der Waals surface area contributed by atoms with Crippen LogP contribution in [-0.2, 0) is 14.3 Å². The number of esters is 1. The third-order valence-corrected chi connectivity index (χ3v) is 2.08. The number of carbonyl (C=O) groups is 2. The Kier molecular flexibility index (Phi) is 2.87. The van der Waals surface area contributed by atoms with Crippen LogP contribution >= 0.6 is 0 Å². The maximum atomic E-state index is 11.3. The van der Waals surface area contributed by atoms with Crippen molar-refractivity contribution in [3.8, 4) is 0 Å². The van der Waals surface area contributed by atoms with Crippen molar-refractivity contribution in [2.45, 2.75) is 25.3 Å². The summed E-state index contributed by atoms with van der Waals surface area (Å²) in [6, 6.07) is 0. The Bertz CT molecular complexity index is 229. The summed E-state index contributed by atoms with van der Waals surface area (Å²) >= 11 is 0. The van der Waals surface area contributed by atoms with E-state index in [1.165, 1.54) is 0 Å². The summed E-state index contributed by atoms with van der Waals surface area (Å²) < 4.78 is 4.73. The number of amides is 1. The summed E-state index contributed by atoms with van der Waals surface area (Å²) in [5.41, 5.74) is 4.18. The van der Waals surface area contributed by atoms with E-state index in [-0.39, 0.29) is 6.61 Å². The molecule has 0 aromatic carbocycles. The van der Waals surface area contributed by atoms with Gasteiger partial charge in [0.25, 0.3) is 5.91 Å². The zero-order chi connectivity index (χ0) is 9.90. The van der Waals surface area contributed by atoms with Crippen molar-refractivity contribution in [2.75, 3.05) is 13.2 Å². The number of carbonyl (C=O) groups excluding carboxylic acids is 2. The van der Waals surface area contributed by atoms with Crippen LogP contribution in [0.1, 0.15) is 19.8 Å². The van der Waals surface area contributed by atoms with Gasteiger partial charge in [-0.25, -0.2) is 4.79 Å². The molecule has 1 amide bonds. The van der Waals surface area contributed by atoms with Crippen molar-refractivity contribution >= 4 is 11.9 Å². The molecule has 0 saturated carbocycles. The van der Waals surface area contributed by atoms with Crippen LogP contribution in [0.2, 0.25) is 0 Å². The summed E-state index contributed by atoms with van der Waals surface area (Å²) in [6.45, 7) is 2.50. The van der Waals surface area contributed by atoms with Gasteiger partial charge >= 0.3 is 5.97 Å². The smallest absolute Gasteiger partial charge is 0.335 e. The number of rotatable bonds is 2. The van der Waals surface area contributed by atoms with Crippen LogP contribution in [0.4, 0.5) is 0 Å². The molecule has 1 saturated heterocycles. The lowest BCUT2D eigenvalue weighted by Gasteiger charge is -2.29. The molecule has 1 heterocycles.